The lowest BCUT2D eigenvalue weighted by atomic mass is 9.93. The number of hydrogen-bond donors (Lipinski definition) is 2. The van der Waals surface area contributed by atoms with Crippen molar-refractivity contribution in [3.63, 3.8) is 0 Å². The zero-order valence-corrected chi connectivity index (χ0v) is 11.4. The van der Waals surface area contributed by atoms with Gasteiger partial charge >= 0.3 is 0 Å². The van der Waals surface area contributed by atoms with E-state index in [1.807, 2.05) is 7.05 Å². The van der Waals surface area contributed by atoms with Crippen LogP contribution in [0.25, 0.3) is 0 Å². The summed E-state index contributed by atoms with van der Waals surface area (Å²) in [7, 11) is 1.89. The van der Waals surface area contributed by atoms with Gasteiger partial charge in [0.25, 0.3) is 0 Å². The summed E-state index contributed by atoms with van der Waals surface area (Å²) >= 11 is 1.39. The average Bonchev–Trinajstić information content (AvgIpc) is 2.78. The minimum Gasteiger partial charge on any atom is -0.377 e. The van der Waals surface area contributed by atoms with Gasteiger partial charge in [0.1, 0.15) is 10.7 Å². The van der Waals surface area contributed by atoms with E-state index in [4.69, 9.17) is 5.73 Å². The molecule has 3 N–H and O–H groups in total. The van der Waals surface area contributed by atoms with Crippen LogP contribution in [0.3, 0.4) is 0 Å². The van der Waals surface area contributed by atoms with Gasteiger partial charge in [-0.15, -0.1) is 5.10 Å². The Labute approximate surface area is 111 Å². The van der Waals surface area contributed by atoms with Crippen molar-refractivity contribution in [3.8, 4) is 0 Å². The van der Waals surface area contributed by atoms with Crippen LogP contribution in [0, 0.1) is 5.92 Å². The predicted octanol–water partition coefficient (Wildman–Crippen LogP) is 0.667. The average molecular weight is 269 g/mol. The number of nitrogens with zero attached hydrogens (tertiary/aromatic N) is 3. The standard InChI is InChI=1S/C11H19N5OS/c1-13-11-9(14-15-18-11)7-16-4-2-8(3-5-16)6-10(12)17/h8,13H,2-7H2,1H3,(H2,12,17). The third-order valence-corrected chi connectivity index (χ3v) is 4.14. The van der Waals surface area contributed by atoms with E-state index in [1.54, 1.807) is 0 Å². The fourth-order valence-electron chi connectivity index (χ4n) is 2.35. The molecule has 1 aliphatic rings. The van der Waals surface area contributed by atoms with E-state index in [0.29, 0.717) is 12.3 Å². The molecule has 2 heterocycles. The van der Waals surface area contributed by atoms with Crippen molar-refractivity contribution in [3.05, 3.63) is 5.69 Å². The lowest BCUT2D eigenvalue weighted by Gasteiger charge is -2.30. The Kier molecular flexibility index (Phi) is 4.48. The van der Waals surface area contributed by atoms with Gasteiger partial charge in [0.2, 0.25) is 5.91 Å². The third kappa shape index (κ3) is 3.39. The molecule has 18 heavy (non-hydrogen) atoms. The summed E-state index contributed by atoms with van der Waals surface area (Å²) < 4.78 is 3.95. The number of likely N-dealkylation sites (tertiary alicyclic amines) is 1. The molecule has 1 aromatic rings. The molecule has 0 unspecified atom stereocenters. The summed E-state index contributed by atoms with van der Waals surface area (Å²) in [5.74, 6) is 0.269. The number of anilines is 1. The largest absolute Gasteiger partial charge is 0.377 e. The van der Waals surface area contributed by atoms with Crippen molar-refractivity contribution in [2.45, 2.75) is 25.8 Å². The number of piperidine rings is 1. The Morgan fingerprint density at radius 3 is 2.89 bits per heavy atom. The van der Waals surface area contributed by atoms with Crippen LogP contribution in [-0.2, 0) is 11.3 Å². The second kappa shape index (κ2) is 6.10. The van der Waals surface area contributed by atoms with Crippen LogP contribution in [-0.4, -0.2) is 40.5 Å². The molecule has 0 bridgehead atoms. The summed E-state index contributed by atoms with van der Waals surface area (Å²) in [4.78, 5) is 13.2. The highest BCUT2D eigenvalue weighted by Crippen LogP contribution is 2.24. The predicted molar refractivity (Wildman–Crippen MR) is 71.3 cm³/mol. The first-order valence-corrected chi connectivity index (χ1v) is 6.96. The highest BCUT2D eigenvalue weighted by atomic mass is 32.1. The van der Waals surface area contributed by atoms with E-state index < -0.39 is 0 Å². The van der Waals surface area contributed by atoms with Crippen LogP contribution < -0.4 is 11.1 Å². The van der Waals surface area contributed by atoms with Crippen LogP contribution in [0.1, 0.15) is 25.0 Å². The molecule has 6 nitrogen and oxygen atoms in total. The number of carbonyl (C=O) groups is 1. The molecule has 1 fully saturated rings. The van der Waals surface area contributed by atoms with Gasteiger partial charge in [-0.2, -0.15) is 0 Å². The van der Waals surface area contributed by atoms with Crippen LogP contribution in [0.2, 0.25) is 0 Å². The van der Waals surface area contributed by atoms with Gasteiger partial charge in [0.15, 0.2) is 0 Å². The third-order valence-electron chi connectivity index (χ3n) is 3.35. The summed E-state index contributed by atoms with van der Waals surface area (Å²) in [6.07, 6.45) is 2.60. The van der Waals surface area contributed by atoms with Gasteiger partial charge in [-0.3, -0.25) is 9.69 Å². The molecule has 0 atom stereocenters. The Bertz CT molecular complexity index is 400. The molecule has 1 saturated heterocycles. The van der Waals surface area contributed by atoms with Crippen LogP contribution >= 0.6 is 11.5 Å². The SMILES string of the molecule is CNc1snnc1CN1CCC(CC(N)=O)CC1. The molecule has 7 heteroatoms. The van der Waals surface area contributed by atoms with Gasteiger partial charge in [-0.1, -0.05) is 4.49 Å². The first-order valence-electron chi connectivity index (χ1n) is 6.18. The van der Waals surface area contributed by atoms with Gasteiger partial charge in [-0.25, -0.2) is 0 Å². The molecular formula is C11H19N5OS. The molecule has 0 aliphatic carbocycles. The number of carbonyl (C=O) groups excluding carboxylic acids is 1. The first kappa shape index (κ1) is 13.2. The van der Waals surface area contributed by atoms with E-state index in [-0.39, 0.29) is 5.91 Å². The van der Waals surface area contributed by atoms with Gasteiger partial charge in [0, 0.05) is 31.5 Å². The minimum atomic E-state index is -0.186. The van der Waals surface area contributed by atoms with E-state index in [1.165, 1.54) is 11.5 Å². The van der Waals surface area contributed by atoms with Crippen molar-refractivity contribution >= 4 is 22.4 Å². The maximum Gasteiger partial charge on any atom is 0.217 e. The van der Waals surface area contributed by atoms with Crippen molar-refractivity contribution in [1.82, 2.24) is 14.5 Å². The van der Waals surface area contributed by atoms with Gasteiger partial charge < -0.3 is 11.1 Å². The van der Waals surface area contributed by atoms with Crippen LogP contribution in [0.15, 0.2) is 0 Å². The number of hydrogen-bond acceptors (Lipinski definition) is 6. The molecule has 100 valence electrons. The smallest absolute Gasteiger partial charge is 0.217 e. The van der Waals surface area contributed by atoms with Crippen LogP contribution in [0.5, 0.6) is 0 Å². The molecule has 0 aromatic carbocycles. The fourth-order valence-corrected chi connectivity index (χ4v) is 2.87. The number of nitrogens with two attached hydrogens (primary N) is 1. The molecule has 0 saturated carbocycles. The highest BCUT2D eigenvalue weighted by Gasteiger charge is 2.22. The maximum absolute atomic E-state index is 10.9. The highest BCUT2D eigenvalue weighted by molar-refractivity contribution is 7.10. The number of aromatic nitrogens is 2. The molecular weight excluding hydrogens is 250 g/mol. The first-order chi connectivity index (χ1) is 8.69. The molecule has 1 aromatic heterocycles. The summed E-state index contributed by atoms with van der Waals surface area (Å²) in [5, 5.41) is 8.28. The topological polar surface area (TPSA) is 84.1 Å². The normalized spacial score (nSPS) is 17.8. The van der Waals surface area contributed by atoms with Gasteiger partial charge in [0.05, 0.1) is 0 Å². The molecule has 1 amide bonds. The maximum atomic E-state index is 10.9. The number of rotatable bonds is 5. The van der Waals surface area contributed by atoms with Crippen molar-refractivity contribution in [2.24, 2.45) is 11.7 Å². The quantitative estimate of drug-likeness (QED) is 0.820. The van der Waals surface area contributed by atoms with E-state index >= 15 is 0 Å². The molecule has 0 radical (unpaired) electrons. The number of nitrogens with one attached hydrogen (secondary N) is 1. The second-order valence-electron chi connectivity index (χ2n) is 4.69. The number of primary amides is 1. The van der Waals surface area contributed by atoms with E-state index in [2.05, 4.69) is 19.8 Å². The summed E-state index contributed by atoms with van der Waals surface area (Å²) in [5.41, 5.74) is 6.24. The lowest BCUT2D eigenvalue weighted by Crippen LogP contribution is -2.34. The Morgan fingerprint density at radius 2 is 2.28 bits per heavy atom. The molecule has 1 aliphatic heterocycles. The number of amides is 1. The Hall–Kier alpha value is -1.21. The summed E-state index contributed by atoms with van der Waals surface area (Å²) in [6.45, 7) is 2.83. The molecule has 0 spiro atoms. The van der Waals surface area contributed by atoms with Crippen molar-refractivity contribution in [2.75, 3.05) is 25.5 Å². The van der Waals surface area contributed by atoms with E-state index in [9.17, 15) is 4.79 Å². The minimum absolute atomic E-state index is 0.186. The Morgan fingerprint density at radius 1 is 1.56 bits per heavy atom. The fraction of sp³-hybridized carbons (Fsp3) is 0.727. The lowest BCUT2D eigenvalue weighted by molar-refractivity contribution is -0.119. The Balaban J connectivity index is 1.81. The zero-order valence-electron chi connectivity index (χ0n) is 10.6. The zero-order chi connectivity index (χ0) is 13.0. The second-order valence-corrected chi connectivity index (χ2v) is 5.44. The van der Waals surface area contributed by atoms with E-state index in [0.717, 1.165) is 43.2 Å². The van der Waals surface area contributed by atoms with Gasteiger partial charge in [-0.05, 0) is 31.8 Å². The monoisotopic (exact) mass is 269 g/mol. The van der Waals surface area contributed by atoms with Crippen molar-refractivity contribution in [1.29, 1.82) is 0 Å². The summed E-state index contributed by atoms with van der Waals surface area (Å²) in [6, 6.07) is 0. The van der Waals surface area contributed by atoms with Crippen molar-refractivity contribution < 1.29 is 4.79 Å². The molecule has 2 rings (SSSR count). The van der Waals surface area contributed by atoms with Crippen LogP contribution in [0.4, 0.5) is 5.00 Å².